The molecule has 0 unspecified atom stereocenters. The van der Waals surface area contributed by atoms with Gasteiger partial charge in [-0.15, -0.1) is 0 Å². The Balaban J connectivity index is 2.49. The first-order chi connectivity index (χ1) is 9.85. The van der Waals surface area contributed by atoms with Crippen molar-refractivity contribution in [1.29, 1.82) is 0 Å². The molecule has 96 valence electrons. The Kier molecular flexibility index (Phi) is 3.22. The maximum atomic E-state index is 3.98. The Bertz CT molecular complexity index is 780. The lowest BCUT2D eigenvalue weighted by Crippen LogP contribution is -1.90. The zero-order valence-corrected chi connectivity index (χ0v) is 11.3. The highest BCUT2D eigenvalue weighted by atomic mass is 14.1. The van der Waals surface area contributed by atoms with Gasteiger partial charge in [0.1, 0.15) is 0 Å². The number of benzene rings is 3. The van der Waals surface area contributed by atoms with Gasteiger partial charge >= 0.3 is 0 Å². The van der Waals surface area contributed by atoms with E-state index in [1.54, 1.807) is 0 Å². The molecule has 0 fully saturated rings. The third-order valence-electron chi connectivity index (χ3n) is 3.61. The van der Waals surface area contributed by atoms with E-state index in [1.165, 1.54) is 21.9 Å². The van der Waals surface area contributed by atoms with Crippen molar-refractivity contribution in [3.8, 4) is 11.1 Å². The Morgan fingerprint density at radius 2 is 1.45 bits per heavy atom. The van der Waals surface area contributed by atoms with Gasteiger partial charge in [0.25, 0.3) is 0 Å². The first-order valence-electron chi connectivity index (χ1n) is 6.71. The van der Waals surface area contributed by atoms with Gasteiger partial charge in [-0.3, -0.25) is 0 Å². The Labute approximate surface area is 119 Å². The van der Waals surface area contributed by atoms with E-state index in [9.17, 15) is 0 Å². The smallest absolute Gasteiger partial charge is 0.00270 e. The van der Waals surface area contributed by atoms with Gasteiger partial charge in [0.05, 0.1) is 0 Å². The Morgan fingerprint density at radius 3 is 2.15 bits per heavy atom. The molecule has 0 aliphatic carbocycles. The monoisotopic (exact) mass is 256 g/mol. The molecule has 3 rings (SSSR count). The highest BCUT2D eigenvalue weighted by Gasteiger charge is 2.11. The van der Waals surface area contributed by atoms with E-state index < -0.39 is 0 Å². The molecular formula is C20H16. The van der Waals surface area contributed by atoms with Crippen molar-refractivity contribution in [3.63, 3.8) is 0 Å². The van der Waals surface area contributed by atoms with Gasteiger partial charge in [-0.05, 0) is 39.1 Å². The van der Waals surface area contributed by atoms with E-state index in [2.05, 4.69) is 67.8 Å². The Morgan fingerprint density at radius 1 is 0.750 bits per heavy atom. The fraction of sp³-hybridized carbons (Fsp3) is 0. The first kappa shape index (κ1) is 12.4. The van der Waals surface area contributed by atoms with E-state index in [0.29, 0.717) is 0 Å². The quantitative estimate of drug-likeness (QED) is 0.556. The van der Waals surface area contributed by atoms with E-state index in [4.69, 9.17) is 0 Å². The molecule has 0 saturated carbocycles. The van der Waals surface area contributed by atoms with Crippen LogP contribution < -0.4 is 0 Å². The van der Waals surface area contributed by atoms with Crippen molar-refractivity contribution < 1.29 is 0 Å². The average molecular weight is 256 g/mol. The maximum absolute atomic E-state index is 3.98. The van der Waals surface area contributed by atoms with Gasteiger partial charge in [-0.25, -0.2) is 0 Å². The SMILES string of the molecule is C=Cc1cc2ccccc2c(-c2ccccc2)c1C=C. The van der Waals surface area contributed by atoms with Crippen LogP contribution >= 0.6 is 0 Å². The lowest BCUT2D eigenvalue weighted by Gasteiger charge is -2.14. The predicted molar refractivity (Wildman–Crippen MR) is 89.6 cm³/mol. The fourth-order valence-corrected chi connectivity index (χ4v) is 2.69. The summed E-state index contributed by atoms with van der Waals surface area (Å²) in [6.07, 6.45) is 3.82. The van der Waals surface area contributed by atoms with E-state index in [0.717, 1.165) is 11.1 Å². The standard InChI is InChI=1S/C20H16/c1-3-15-14-17-12-8-9-13-19(17)20(18(15)4-2)16-10-6-5-7-11-16/h3-14H,1-2H2. The third-order valence-corrected chi connectivity index (χ3v) is 3.61. The van der Waals surface area contributed by atoms with Crippen molar-refractivity contribution in [3.05, 3.63) is 84.9 Å². The third kappa shape index (κ3) is 1.96. The maximum Gasteiger partial charge on any atom is -0.00270 e. The summed E-state index contributed by atoms with van der Waals surface area (Å²) >= 11 is 0. The van der Waals surface area contributed by atoms with Gasteiger partial charge in [0, 0.05) is 0 Å². The van der Waals surface area contributed by atoms with Crippen molar-refractivity contribution in [2.75, 3.05) is 0 Å². The van der Waals surface area contributed by atoms with Crippen molar-refractivity contribution >= 4 is 22.9 Å². The van der Waals surface area contributed by atoms with Gasteiger partial charge in [0.15, 0.2) is 0 Å². The minimum atomic E-state index is 1.12. The zero-order chi connectivity index (χ0) is 13.9. The number of hydrogen-bond acceptors (Lipinski definition) is 0. The molecule has 0 aliphatic rings. The summed E-state index contributed by atoms with van der Waals surface area (Å²) in [5, 5.41) is 2.48. The molecule has 0 heterocycles. The largest absolute Gasteiger partial charge is 0.0984 e. The molecule has 0 aromatic heterocycles. The first-order valence-corrected chi connectivity index (χ1v) is 6.71. The van der Waals surface area contributed by atoms with Crippen LogP contribution in [0.1, 0.15) is 11.1 Å². The molecule has 0 bridgehead atoms. The fourth-order valence-electron chi connectivity index (χ4n) is 2.69. The number of hydrogen-bond donors (Lipinski definition) is 0. The van der Waals surface area contributed by atoms with E-state index in [-0.39, 0.29) is 0 Å². The molecule has 0 N–H and O–H groups in total. The molecule has 0 saturated heterocycles. The van der Waals surface area contributed by atoms with Crippen LogP contribution in [0.5, 0.6) is 0 Å². The van der Waals surface area contributed by atoms with Crippen LogP contribution in [0, 0.1) is 0 Å². The minimum absolute atomic E-state index is 1.12. The van der Waals surface area contributed by atoms with Crippen LogP contribution in [-0.4, -0.2) is 0 Å². The van der Waals surface area contributed by atoms with Gasteiger partial charge in [0.2, 0.25) is 0 Å². The molecule has 0 radical (unpaired) electrons. The van der Waals surface area contributed by atoms with Crippen LogP contribution in [-0.2, 0) is 0 Å². The number of fused-ring (bicyclic) bond motifs is 1. The molecule has 0 aliphatic heterocycles. The van der Waals surface area contributed by atoms with Crippen molar-refractivity contribution in [2.45, 2.75) is 0 Å². The summed E-state index contributed by atoms with van der Waals surface area (Å²) in [5.74, 6) is 0. The molecule has 0 nitrogen and oxygen atoms in total. The zero-order valence-electron chi connectivity index (χ0n) is 11.3. The second-order valence-corrected chi connectivity index (χ2v) is 4.75. The van der Waals surface area contributed by atoms with Crippen molar-refractivity contribution in [2.24, 2.45) is 0 Å². The minimum Gasteiger partial charge on any atom is -0.0984 e. The summed E-state index contributed by atoms with van der Waals surface area (Å²) in [6.45, 7) is 7.92. The summed E-state index contributed by atoms with van der Waals surface area (Å²) in [7, 11) is 0. The van der Waals surface area contributed by atoms with Crippen LogP contribution in [0.3, 0.4) is 0 Å². The summed E-state index contributed by atoms with van der Waals surface area (Å²) in [5.41, 5.74) is 4.71. The molecular weight excluding hydrogens is 240 g/mol. The molecule has 20 heavy (non-hydrogen) atoms. The molecule has 0 atom stereocenters. The molecule has 3 aromatic rings. The van der Waals surface area contributed by atoms with Crippen molar-refractivity contribution in [1.82, 2.24) is 0 Å². The summed E-state index contributed by atoms with van der Waals surface area (Å²) < 4.78 is 0. The Hall–Kier alpha value is -2.60. The van der Waals surface area contributed by atoms with Crippen LogP contribution in [0.2, 0.25) is 0 Å². The normalized spacial score (nSPS) is 10.4. The van der Waals surface area contributed by atoms with E-state index >= 15 is 0 Å². The topological polar surface area (TPSA) is 0 Å². The van der Waals surface area contributed by atoms with Crippen LogP contribution in [0.15, 0.2) is 73.8 Å². The van der Waals surface area contributed by atoms with Gasteiger partial charge in [-0.1, -0.05) is 79.9 Å². The lowest BCUT2D eigenvalue weighted by molar-refractivity contribution is 1.61. The second kappa shape index (κ2) is 5.18. The second-order valence-electron chi connectivity index (χ2n) is 4.75. The van der Waals surface area contributed by atoms with E-state index in [1.807, 2.05) is 18.2 Å². The van der Waals surface area contributed by atoms with Gasteiger partial charge in [-0.2, -0.15) is 0 Å². The molecule has 0 amide bonds. The highest BCUT2D eigenvalue weighted by molar-refractivity contribution is 6.03. The predicted octanol–water partition coefficient (Wildman–Crippen LogP) is 5.79. The molecule has 0 spiro atoms. The van der Waals surface area contributed by atoms with Crippen LogP contribution in [0.4, 0.5) is 0 Å². The van der Waals surface area contributed by atoms with Crippen LogP contribution in [0.25, 0.3) is 34.1 Å². The lowest BCUT2D eigenvalue weighted by atomic mass is 9.89. The summed E-state index contributed by atoms with van der Waals surface area (Å²) in [4.78, 5) is 0. The average Bonchev–Trinajstić information content (AvgIpc) is 2.53. The number of rotatable bonds is 3. The molecule has 0 heteroatoms. The summed E-state index contributed by atoms with van der Waals surface area (Å²) in [6, 6.07) is 21.1. The molecule has 3 aromatic carbocycles. The highest BCUT2D eigenvalue weighted by Crippen LogP contribution is 2.35. The van der Waals surface area contributed by atoms with Gasteiger partial charge < -0.3 is 0 Å².